The minimum atomic E-state index is -0.500. The van der Waals surface area contributed by atoms with Crippen molar-refractivity contribution >= 4 is 5.91 Å². The van der Waals surface area contributed by atoms with Crippen molar-refractivity contribution in [1.82, 2.24) is 5.32 Å². The molecule has 2 saturated carbocycles. The lowest BCUT2D eigenvalue weighted by Gasteiger charge is -2.43. The van der Waals surface area contributed by atoms with Crippen molar-refractivity contribution in [1.29, 1.82) is 0 Å². The molecule has 1 amide bonds. The Kier molecular flexibility index (Phi) is 1.71. The number of carbonyl (C=O) groups is 1. The third kappa shape index (κ3) is 1.70. The standard InChI is InChI=1S/C10H18N2O/c1-9(2)5-7(6-9)12-8(13)10(11)3-4-10/h7H,3-6,11H2,1-2H3,(H,12,13). The van der Waals surface area contributed by atoms with E-state index in [1.807, 2.05) is 0 Å². The molecule has 3 nitrogen and oxygen atoms in total. The van der Waals surface area contributed by atoms with E-state index in [1.165, 1.54) is 0 Å². The SMILES string of the molecule is CC1(C)CC(NC(=O)C2(N)CC2)C1. The molecule has 13 heavy (non-hydrogen) atoms. The summed E-state index contributed by atoms with van der Waals surface area (Å²) in [4.78, 5) is 11.5. The maximum absolute atomic E-state index is 11.5. The average molecular weight is 182 g/mol. The van der Waals surface area contributed by atoms with E-state index in [4.69, 9.17) is 5.73 Å². The molecule has 0 unspecified atom stereocenters. The van der Waals surface area contributed by atoms with Crippen LogP contribution in [0.3, 0.4) is 0 Å². The Morgan fingerprint density at radius 1 is 1.38 bits per heavy atom. The first kappa shape index (κ1) is 9.00. The maximum atomic E-state index is 11.5. The van der Waals surface area contributed by atoms with Crippen molar-refractivity contribution < 1.29 is 4.79 Å². The molecule has 2 aliphatic rings. The van der Waals surface area contributed by atoms with E-state index in [2.05, 4.69) is 19.2 Å². The van der Waals surface area contributed by atoms with Gasteiger partial charge < -0.3 is 11.1 Å². The quantitative estimate of drug-likeness (QED) is 0.663. The molecule has 0 saturated heterocycles. The van der Waals surface area contributed by atoms with Crippen LogP contribution in [0.15, 0.2) is 0 Å². The van der Waals surface area contributed by atoms with Crippen LogP contribution in [-0.2, 0) is 4.79 Å². The van der Waals surface area contributed by atoms with Crippen LogP contribution in [0.1, 0.15) is 39.5 Å². The van der Waals surface area contributed by atoms with Gasteiger partial charge in [0.1, 0.15) is 0 Å². The van der Waals surface area contributed by atoms with Crippen molar-refractivity contribution in [2.45, 2.75) is 51.1 Å². The van der Waals surface area contributed by atoms with Crippen molar-refractivity contribution in [2.24, 2.45) is 11.1 Å². The lowest BCUT2D eigenvalue weighted by molar-refractivity contribution is -0.125. The molecule has 74 valence electrons. The van der Waals surface area contributed by atoms with Crippen LogP contribution < -0.4 is 11.1 Å². The molecule has 0 aliphatic heterocycles. The second kappa shape index (κ2) is 2.47. The third-order valence-electron chi connectivity index (χ3n) is 3.17. The molecule has 2 rings (SSSR count). The van der Waals surface area contributed by atoms with Crippen LogP contribution in [0.4, 0.5) is 0 Å². The molecule has 0 aromatic heterocycles. The van der Waals surface area contributed by atoms with Crippen LogP contribution >= 0.6 is 0 Å². The van der Waals surface area contributed by atoms with Crippen molar-refractivity contribution in [3.8, 4) is 0 Å². The number of nitrogens with one attached hydrogen (secondary N) is 1. The zero-order valence-corrected chi connectivity index (χ0v) is 8.39. The van der Waals surface area contributed by atoms with Gasteiger partial charge in [0, 0.05) is 6.04 Å². The number of hydrogen-bond acceptors (Lipinski definition) is 2. The fraction of sp³-hybridized carbons (Fsp3) is 0.900. The molecule has 3 heteroatoms. The third-order valence-corrected chi connectivity index (χ3v) is 3.17. The summed E-state index contributed by atoms with van der Waals surface area (Å²) in [5.74, 6) is 0.0630. The van der Waals surface area contributed by atoms with Crippen LogP contribution in [0.25, 0.3) is 0 Å². The Labute approximate surface area is 79.1 Å². The lowest BCUT2D eigenvalue weighted by atomic mass is 9.68. The lowest BCUT2D eigenvalue weighted by Crippen LogP contribution is -2.53. The summed E-state index contributed by atoms with van der Waals surface area (Å²) in [5.41, 5.74) is 5.69. The van der Waals surface area contributed by atoms with Gasteiger partial charge in [-0.15, -0.1) is 0 Å². The highest BCUT2D eigenvalue weighted by atomic mass is 16.2. The predicted molar refractivity (Wildman–Crippen MR) is 51.1 cm³/mol. The van der Waals surface area contributed by atoms with Crippen molar-refractivity contribution in [3.05, 3.63) is 0 Å². The first-order valence-electron chi connectivity index (χ1n) is 5.01. The van der Waals surface area contributed by atoms with E-state index >= 15 is 0 Å². The molecular weight excluding hydrogens is 164 g/mol. The fourth-order valence-electron chi connectivity index (χ4n) is 2.07. The fourth-order valence-corrected chi connectivity index (χ4v) is 2.07. The van der Waals surface area contributed by atoms with Crippen LogP contribution in [0.5, 0.6) is 0 Å². The molecule has 0 spiro atoms. The van der Waals surface area contributed by atoms with Gasteiger partial charge in [0.15, 0.2) is 0 Å². The summed E-state index contributed by atoms with van der Waals surface area (Å²) in [6, 6.07) is 0.378. The van der Waals surface area contributed by atoms with E-state index in [1.54, 1.807) is 0 Å². The zero-order chi connectivity index (χ0) is 9.69. The van der Waals surface area contributed by atoms with Gasteiger partial charge in [-0.3, -0.25) is 4.79 Å². The average Bonchev–Trinajstić information content (AvgIpc) is 2.65. The van der Waals surface area contributed by atoms with Crippen LogP contribution in [-0.4, -0.2) is 17.5 Å². The van der Waals surface area contributed by atoms with Gasteiger partial charge >= 0.3 is 0 Å². The summed E-state index contributed by atoms with van der Waals surface area (Å²) in [5, 5.41) is 3.01. The number of carbonyl (C=O) groups excluding carboxylic acids is 1. The number of rotatable bonds is 2. The summed E-state index contributed by atoms with van der Waals surface area (Å²) < 4.78 is 0. The van der Waals surface area contributed by atoms with Gasteiger partial charge in [-0.2, -0.15) is 0 Å². The smallest absolute Gasteiger partial charge is 0.240 e. The molecule has 2 fully saturated rings. The Morgan fingerprint density at radius 3 is 2.31 bits per heavy atom. The maximum Gasteiger partial charge on any atom is 0.240 e. The summed E-state index contributed by atoms with van der Waals surface area (Å²) in [6.07, 6.45) is 3.90. The van der Waals surface area contributed by atoms with E-state index in [0.717, 1.165) is 25.7 Å². The van der Waals surface area contributed by atoms with Gasteiger partial charge in [0.25, 0.3) is 0 Å². The van der Waals surface area contributed by atoms with Gasteiger partial charge in [-0.25, -0.2) is 0 Å². The minimum absolute atomic E-state index is 0.0630. The van der Waals surface area contributed by atoms with Gasteiger partial charge in [-0.1, -0.05) is 13.8 Å². The Bertz CT molecular complexity index is 235. The number of nitrogens with two attached hydrogens (primary N) is 1. The van der Waals surface area contributed by atoms with Gasteiger partial charge in [0.05, 0.1) is 5.54 Å². The molecule has 3 N–H and O–H groups in total. The van der Waals surface area contributed by atoms with Crippen molar-refractivity contribution in [3.63, 3.8) is 0 Å². The Hall–Kier alpha value is -0.570. The molecule has 0 aromatic rings. The molecule has 0 atom stereocenters. The molecule has 0 heterocycles. The highest BCUT2D eigenvalue weighted by Crippen LogP contribution is 2.41. The van der Waals surface area contributed by atoms with E-state index in [9.17, 15) is 4.79 Å². The molecule has 0 radical (unpaired) electrons. The molecule has 2 aliphatic carbocycles. The normalized spacial score (nSPS) is 29.2. The summed E-state index contributed by atoms with van der Waals surface area (Å²) >= 11 is 0. The molecular formula is C10H18N2O. The van der Waals surface area contributed by atoms with E-state index in [0.29, 0.717) is 11.5 Å². The minimum Gasteiger partial charge on any atom is -0.352 e. The highest BCUT2D eigenvalue weighted by molar-refractivity contribution is 5.89. The topological polar surface area (TPSA) is 55.1 Å². The second-order valence-electron chi connectivity index (χ2n) is 5.40. The van der Waals surface area contributed by atoms with Crippen LogP contribution in [0, 0.1) is 5.41 Å². The van der Waals surface area contributed by atoms with E-state index < -0.39 is 5.54 Å². The summed E-state index contributed by atoms with van der Waals surface area (Å²) in [6.45, 7) is 4.45. The number of hydrogen-bond donors (Lipinski definition) is 2. The Balaban J connectivity index is 1.78. The molecule has 0 bridgehead atoms. The van der Waals surface area contributed by atoms with Gasteiger partial charge in [0.2, 0.25) is 5.91 Å². The first-order chi connectivity index (χ1) is 5.91. The van der Waals surface area contributed by atoms with E-state index in [-0.39, 0.29) is 5.91 Å². The zero-order valence-electron chi connectivity index (χ0n) is 8.39. The van der Waals surface area contributed by atoms with Crippen LogP contribution in [0.2, 0.25) is 0 Å². The predicted octanol–water partition coefficient (Wildman–Crippen LogP) is 0.782. The van der Waals surface area contributed by atoms with Gasteiger partial charge in [-0.05, 0) is 31.1 Å². The second-order valence-corrected chi connectivity index (χ2v) is 5.40. The number of amides is 1. The first-order valence-corrected chi connectivity index (χ1v) is 5.01. The Morgan fingerprint density at radius 2 is 1.92 bits per heavy atom. The highest BCUT2D eigenvalue weighted by Gasteiger charge is 2.48. The largest absolute Gasteiger partial charge is 0.352 e. The van der Waals surface area contributed by atoms with Crippen molar-refractivity contribution in [2.75, 3.05) is 0 Å². The monoisotopic (exact) mass is 182 g/mol. The summed E-state index contributed by atoms with van der Waals surface area (Å²) in [7, 11) is 0. The molecule has 0 aromatic carbocycles.